The Kier molecular flexibility index (Phi) is 3.84. The van der Waals surface area contributed by atoms with E-state index in [1.165, 1.54) is 0 Å². The zero-order valence-electron chi connectivity index (χ0n) is 10.7. The van der Waals surface area contributed by atoms with E-state index in [0.717, 1.165) is 9.75 Å². The Morgan fingerprint density at radius 3 is 1.65 bits per heavy atom. The molecule has 104 valence electrons. The first-order valence-electron chi connectivity index (χ1n) is 6.38. The molecule has 0 bridgehead atoms. The van der Waals surface area contributed by atoms with Crippen molar-refractivity contribution in [3.05, 3.63) is 44.8 Å². The van der Waals surface area contributed by atoms with E-state index in [1.54, 1.807) is 22.7 Å². The average Bonchev–Trinajstić information content (AvgIpc) is 3.08. The van der Waals surface area contributed by atoms with Crippen LogP contribution in [0.25, 0.3) is 0 Å². The predicted molar refractivity (Wildman–Crippen MR) is 79.9 cm³/mol. The standard InChI is InChI=1S/C14H14N2O2S2/c17-13-11(7-9-3-1-5-19-9)15-14(18)12(16-13)8-10-4-2-6-20-10/h1-6,11-12H,7-8H2,(H,15,18)(H,16,17). The molecule has 6 heteroatoms. The summed E-state index contributed by atoms with van der Waals surface area (Å²) in [5.41, 5.74) is 0. The van der Waals surface area contributed by atoms with Gasteiger partial charge in [0.15, 0.2) is 0 Å². The Hall–Kier alpha value is -1.66. The van der Waals surface area contributed by atoms with Crippen molar-refractivity contribution in [1.82, 2.24) is 10.6 Å². The van der Waals surface area contributed by atoms with Gasteiger partial charge in [0, 0.05) is 22.6 Å². The topological polar surface area (TPSA) is 58.2 Å². The van der Waals surface area contributed by atoms with Crippen molar-refractivity contribution >= 4 is 34.5 Å². The van der Waals surface area contributed by atoms with Crippen LogP contribution in [0.1, 0.15) is 9.75 Å². The maximum absolute atomic E-state index is 12.1. The fourth-order valence-corrected chi connectivity index (χ4v) is 3.73. The van der Waals surface area contributed by atoms with Crippen LogP contribution < -0.4 is 10.6 Å². The van der Waals surface area contributed by atoms with E-state index in [-0.39, 0.29) is 11.8 Å². The van der Waals surface area contributed by atoms with E-state index in [1.807, 2.05) is 35.0 Å². The minimum Gasteiger partial charge on any atom is -0.342 e. The van der Waals surface area contributed by atoms with Crippen molar-refractivity contribution in [2.75, 3.05) is 0 Å². The van der Waals surface area contributed by atoms with Crippen molar-refractivity contribution in [2.24, 2.45) is 0 Å². The summed E-state index contributed by atoms with van der Waals surface area (Å²) in [7, 11) is 0. The second-order valence-electron chi connectivity index (χ2n) is 4.69. The molecule has 2 unspecified atom stereocenters. The molecule has 1 aliphatic rings. The van der Waals surface area contributed by atoms with Crippen molar-refractivity contribution < 1.29 is 9.59 Å². The van der Waals surface area contributed by atoms with Gasteiger partial charge in [-0.25, -0.2) is 0 Å². The first-order valence-corrected chi connectivity index (χ1v) is 8.14. The average molecular weight is 306 g/mol. The van der Waals surface area contributed by atoms with E-state index >= 15 is 0 Å². The number of amides is 2. The van der Waals surface area contributed by atoms with E-state index in [2.05, 4.69) is 10.6 Å². The molecular weight excluding hydrogens is 292 g/mol. The van der Waals surface area contributed by atoms with E-state index in [0.29, 0.717) is 12.8 Å². The summed E-state index contributed by atoms with van der Waals surface area (Å²) in [5.74, 6) is -0.195. The lowest BCUT2D eigenvalue weighted by Crippen LogP contribution is -2.62. The lowest BCUT2D eigenvalue weighted by molar-refractivity contribution is -0.136. The largest absolute Gasteiger partial charge is 0.342 e. The van der Waals surface area contributed by atoms with Gasteiger partial charge in [-0.2, -0.15) is 0 Å². The molecule has 0 spiro atoms. The summed E-state index contributed by atoms with van der Waals surface area (Å²) in [4.78, 5) is 26.4. The molecule has 2 amide bonds. The van der Waals surface area contributed by atoms with Gasteiger partial charge in [-0.15, -0.1) is 22.7 Å². The second-order valence-corrected chi connectivity index (χ2v) is 6.75. The number of carbonyl (C=O) groups excluding carboxylic acids is 2. The molecule has 2 aromatic heterocycles. The third-order valence-corrected chi connectivity index (χ3v) is 5.03. The fourth-order valence-electron chi connectivity index (χ4n) is 2.22. The number of carbonyl (C=O) groups is 2. The van der Waals surface area contributed by atoms with Gasteiger partial charge in [-0.05, 0) is 22.9 Å². The molecule has 0 saturated carbocycles. The highest BCUT2D eigenvalue weighted by atomic mass is 32.1. The predicted octanol–water partition coefficient (Wildman–Crippen LogP) is 1.58. The molecule has 1 fully saturated rings. The zero-order chi connectivity index (χ0) is 13.9. The van der Waals surface area contributed by atoms with Crippen molar-refractivity contribution in [3.8, 4) is 0 Å². The summed E-state index contributed by atoms with van der Waals surface area (Å²) in [6, 6.07) is 6.93. The van der Waals surface area contributed by atoms with Gasteiger partial charge < -0.3 is 10.6 Å². The zero-order valence-corrected chi connectivity index (χ0v) is 12.3. The highest BCUT2D eigenvalue weighted by Crippen LogP contribution is 2.15. The van der Waals surface area contributed by atoms with E-state index in [4.69, 9.17) is 0 Å². The normalized spacial score (nSPS) is 22.4. The van der Waals surface area contributed by atoms with Gasteiger partial charge in [-0.3, -0.25) is 9.59 Å². The molecule has 3 heterocycles. The van der Waals surface area contributed by atoms with Gasteiger partial charge in [0.1, 0.15) is 12.1 Å². The Morgan fingerprint density at radius 2 is 1.30 bits per heavy atom. The molecule has 1 saturated heterocycles. The lowest BCUT2D eigenvalue weighted by atomic mass is 10.0. The molecule has 0 aliphatic carbocycles. The summed E-state index contributed by atoms with van der Waals surface area (Å²) < 4.78 is 0. The number of thiophene rings is 2. The molecule has 4 nitrogen and oxygen atoms in total. The first kappa shape index (κ1) is 13.3. The molecule has 2 aromatic rings. The van der Waals surface area contributed by atoms with Crippen molar-refractivity contribution in [1.29, 1.82) is 0 Å². The Labute approximate surface area is 124 Å². The third kappa shape index (κ3) is 2.91. The second kappa shape index (κ2) is 5.76. The minimum absolute atomic E-state index is 0.0976. The molecule has 1 aliphatic heterocycles. The van der Waals surface area contributed by atoms with Gasteiger partial charge >= 0.3 is 0 Å². The molecule has 2 atom stereocenters. The van der Waals surface area contributed by atoms with Crippen LogP contribution in [0.2, 0.25) is 0 Å². The number of nitrogens with one attached hydrogen (secondary N) is 2. The van der Waals surface area contributed by atoms with E-state index < -0.39 is 12.1 Å². The van der Waals surface area contributed by atoms with Gasteiger partial charge in [0.2, 0.25) is 11.8 Å². The third-order valence-electron chi connectivity index (χ3n) is 3.24. The Balaban J connectivity index is 1.64. The smallest absolute Gasteiger partial charge is 0.243 e. The van der Waals surface area contributed by atoms with Crippen LogP contribution in [0.15, 0.2) is 35.0 Å². The molecule has 2 N–H and O–H groups in total. The molecular formula is C14H14N2O2S2. The quantitative estimate of drug-likeness (QED) is 0.901. The van der Waals surface area contributed by atoms with Crippen LogP contribution in [0, 0.1) is 0 Å². The van der Waals surface area contributed by atoms with Crippen LogP contribution in [0.5, 0.6) is 0 Å². The fraction of sp³-hybridized carbons (Fsp3) is 0.286. The maximum Gasteiger partial charge on any atom is 0.243 e. The lowest BCUT2D eigenvalue weighted by Gasteiger charge is -2.29. The maximum atomic E-state index is 12.1. The number of rotatable bonds is 4. The van der Waals surface area contributed by atoms with Crippen LogP contribution in [-0.4, -0.2) is 23.9 Å². The summed E-state index contributed by atoms with van der Waals surface area (Å²) in [6.45, 7) is 0. The number of hydrogen-bond donors (Lipinski definition) is 2. The first-order chi connectivity index (χ1) is 9.72. The highest BCUT2D eigenvalue weighted by molar-refractivity contribution is 7.10. The van der Waals surface area contributed by atoms with Crippen LogP contribution in [-0.2, 0) is 22.4 Å². The molecule has 20 heavy (non-hydrogen) atoms. The van der Waals surface area contributed by atoms with Crippen LogP contribution >= 0.6 is 22.7 Å². The van der Waals surface area contributed by atoms with Crippen LogP contribution in [0.3, 0.4) is 0 Å². The van der Waals surface area contributed by atoms with E-state index in [9.17, 15) is 9.59 Å². The summed E-state index contributed by atoms with van der Waals surface area (Å²) >= 11 is 3.19. The monoisotopic (exact) mass is 306 g/mol. The summed E-state index contributed by atoms with van der Waals surface area (Å²) in [6.07, 6.45) is 1.11. The molecule has 0 radical (unpaired) electrons. The van der Waals surface area contributed by atoms with Crippen molar-refractivity contribution in [3.63, 3.8) is 0 Å². The number of piperazine rings is 1. The van der Waals surface area contributed by atoms with Gasteiger partial charge in [0.25, 0.3) is 0 Å². The Morgan fingerprint density at radius 1 is 0.850 bits per heavy atom. The molecule has 3 rings (SSSR count). The minimum atomic E-state index is -0.458. The van der Waals surface area contributed by atoms with Gasteiger partial charge in [-0.1, -0.05) is 12.1 Å². The van der Waals surface area contributed by atoms with Crippen molar-refractivity contribution in [2.45, 2.75) is 24.9 Å². The van der Waals surface area contributed by atoms with Gasteiger partial charge in [0.05, 0.1) is 0 Å². The Bertz CT molecular complexity index is 538. The van der Waals surface area contributed by atoms with Crippen LogP contribution in [0.4, 0.5) is 0 Å². The SMILES string of the molecule is O=C1NC(Cc2cccs2)C(=O)NC1Cc1cccs1. The number of hydrogen-bond acceptors (Lipinski definition) is 4. The summed E-state index contributed by atoms with van der Waals surface area (Å²) in [5, 5.41) is 9.59. The highest BCUT2D eigenvalue weighted by Gasteiger charge is 2.33. The molecule has 0 aromatic carbocycles.